The summed E-state index contributed by atoms with van der Waals surface area (Å²) in [5.41, 5.74) is 1.60. The molecule has 0 radical (unpaired) electrons. The van der Waals surface area contributed by atoms with Crippen molar-refractivity contribution in [3.8, 4) is 11.5 Å². The summed E-state index contributed by atoms with van der Waals surface area (Å²) in [7, 11) is 1.38. The van der Waals surface area contributed by atoms with E-state index in [9.17, 15) is 14.7 Å². The van der Waals surface area contributed by atoms with Crippen LogP contribution in [0.15, 0.2) is 47.8 Å². The summed E-state index contributed by atoms with van der Waals surface area (Å²) in [6, 6.07) is 5.49. The maximum absolute atomic E-state index is 12.3. The molecule has 32 heavy (non-hydrogen) atoms. The minimum atomic E-state index is -1.12. The van der Waals surface area contributed by atoms with Gasteiger partial charge in [0.25, 0.3) is 0 Å². The highest BCUT2D eigenvalue weighted by Gasteiger charge is 2.31. The highest BCUT2D eigenvalue weighted by Crippen LogP contribution is 2.40. The zero-order chi connectivity index (χ0) is 23.4. The zero-order valence-corrected chi connectivity index (χ0v) is 19.1. The Morgan fingerprint density at radius 3 is 2.69 bits per heavy atom. The quantitative estimate of drug-likeness (QED) is 0.181. The van der Waals surface area contributed by atoms with Gasteiger partial charge in [-0.3, -0.25) is 0 Å². The predicted octanol–water partition coefficient (Wildman–Crippen LogP) is 3.89. The smallest absolute Gasteiger partial charge is 0.336 e. The Kier molecular flexibility index (Phi) is 7.34. The van der Waals surface area contributed by atoms with Gasteiger partial charge >= 0.3 is 11.9 Å². The standard InChI is InChI=1S/C21H17Cl2N3O5S/c1-10-17(20(28)29)18(26-21(32)25-10)12-8-13(22)19(14(9-12)30-2)31-16(27)4-3-11-5-6-24-15(23)7-11/h3-9,18H,1-2H3,(H,28,29)(H2,25,26,32). The minimum absolute atomic E-state index is 0.00517. The van der Waals surface area contributed by atoms with Gasteiger partial charge in [-0.15, -0.1) is 0 Å². The molecule has 3 N–H and O–H groups in total. The lowest BCUT2D eigenvalue weighted by molar-refractivity contribution is -0.133. The molecule has 1 aliphatic rings. The van der Waals surface area contributed by atoms with Gasteiger partial charge in [0.15, 0.2) is 16.6 Å². The maximum Gasteiger partial charge on any atom is 0.336 e. The lowest BCUT2D eigenvalue weighted by Crippen LogP contribution is -2.44. The Balaban J connectivity index is 1.90. The molecule has 1 aliphatic heterocycles. The van der Waals surface area contributed by atoms with Crippen molar-refractivity contribution in [1.29, 1.82) is 0 Å². The van der Waals surface area contributed by atoms with E-state index in [0.29, 0.717) is 16.8 Å². The van der Waals surface area contributed by atoms with Gasteiger partial charge < -0.3 is 25.2 Å². The van der Waals surface area contributed by atoms with E-state index in [4.69, 9.17) is 44.9 Å². The number of nitrogens with zero attached hydrogens (tertiary/aromatic N) is 1. The van der Waals surface area contributed by atoms with Crippen LogP contribution in [0.2, 0.25) is 10.2 Å². The summed E-state index contributed by atoms with van der Waals surface area (Å²) in [6.45, 7) is 1.61. The first-order valence-corrected chi connectivity index (χ1v) is 10.3. The molecule has 1 atom stereocenters. The van der Waals surface area contributed by atoms with Crippen molar-refractivity contribution in [2.45, 2.75) is 13.0 Å². The van der Waals surface area contributed by atoms with E-state index >= 15 is 0 Å². The number of carboxylic acids is 1. The van der Waals surface area contributed by atoms with Crippen LogP contribution < -0.4 is 20.1 Å². The van der Waals surface area contributed by atoms with Crippen molar-refractivity contribution in [1.82, 2.24) is 15.6 Å². The second-order valence-corrected chi connectivity index (χ2v) is 7.78. The van der Waals surface area contributed by atoms with E-state index in [1.807, 2.05) is 0 Å². The summed E-state index contributed by atoms with van der Waals surface area (Å²) in [6.07, 6.45) is 4.22. The maximum atomic E-state index is 12.3. The third-order valence-electron chi connectivity index (χ3n) is 4.45. The highest BCUT2D eigenvalue weighted by molar-refractivity contribution is 7.80. The number of carboxylic acid groups (broad SMARTS) is 1. The number of nitrogens with one attached hydrogen (secondary N) is 2. The first kappa shape index (κ1) is 23.5. The van der Waals surface area contributed by atoms with Gasteiger partial charge in [0.2, 0.25) is 0 Å². The number of thiocarbonyl (C=S) groups is 1. The van der Waals surface area contributed by atoms with E-state index in [1.54, 1.807) is 19.1 Å². The molecule has 0 amide bonds. The molecule has 8 nitrogen and oxygen atoms in total. The molecule has 3 rings (SSSR count). The first-order chi connectivity index (χ1) is 15.2. The van der Waals surface area contributed by atoms with Crippen LogP contribution in [0.4, 0.5) is 0 Å². The molecular weight excluding hydrogens is 477 g/mol. The predicted molar refractivity (Wildman–Crippen MR) is 124 cm³/mol. The molecule has 0 spiro atoms. The Morgan fingerprint density at radius 1 is 1.28 bits per heavy atom. The summed E-state index contributed by atoms with van der Waals surface area (Å²) in [5, 5.41) is 15.9. The SMILES string of the molecule is COc1cc(C2NC(=S)NC(C)=C2C(=O)O)cc(Cl)c1OC(=O)C=Cc1ccnc(Cl)c1. The molecule has 1 aromatic carbocycles. The molecule has 1 unspecified atom stereocenters. The number of carbonyl (C=O) groups excluding carboxylic acids is 1. The van der Waals surface area contributed by atoms with Crippen LogP contribution in [0.25, 0.3) is 6.08 Å². The molecule has 0 saturated heterocycles. The lowest BCUT2D eigenvalue weighted by Gasteiger charge is -2.29. The third-order valence-corrected chi connectivity index (χ3v) is 5.16. The second-order valence-electron chi connectivity index (χ2n) is 6.58. The van der Waals surface area contributed by atoms with E-state index in [0.717, 1.165) is 0 Å². The first-order valence-electron chi connectivity index (χ1n) is 9.10. The number of allylic oxidation sites excluding steroid dienone is 1. The van der Waals surface area contributed by atoms with Crippen LogP contribution in [0.3, 0.4) is 0 Å². The highest BCUT2D eigenvalue weighted by atomic mass is 35.5. The molecular formula is C21H17Cl2N3O5S. The van der Waals surface area contributed by atoms with Crippen LogP contribution in [0.5, 0.6) is 11.5 Å². The fourth-order valence-electron chi connectivity index (χ4n) is 3.05. The number of pyridine rings is 1. The number of halogens is 2. The van der Waals surface area contributed by atoms with Gasteiger partial charge in [-0.05, 0) is 60.6 Å². The average molecular weight is 494 g/mol. The second kappa shape index (κ2) is 9.99. The van der Waals surface area contributed by atoms with Gasteiger partial charge in [-0.2, -0.15) is 0 Å². The van der Waals surface area contributed by atoms with Gasteiger partial charge in [-0.25, -0.2) is 14.6 Å². The van der Waals surface area contributed by atoms with Crippen molar-refractivity contribution < 1.29 is 24.2 Å². The number of aromatic nitrogens is 1. The monoisotopic (exact) mass is 493 g/mol. The van der Waals surface area contributed by atoms with Gasteiger partial charge in [0.1, 0.15) is 5.15 Å². The molecule has 0 fully saturated rings. The Bertz CT molecular complexity index is 1170. The Labute approximate surface area is 198 Å². The normalized spacial score (nSPS) is 15.9. The topological polar surface area (TPSA) is 110 Å². The average Bonchev–Trinajstić information content (AvgIpc) is 2.72. The number of methoxy groups -OCH3 is 1. The number of hydrogen-bond acceptors (Lipinski definition) is 6. The Morgan fingerprint density at radius 2 is 2.03 bits per heavy atom. The largest absolute Gasteiger partial charge is 0.493 e. The molecule has 11 heteroatoms. The van der Waals surface area contributed by atoms with Crippen LogP contribution >= 0.6 is 35.4 Å². The van der Waals surface area contributed by atoms with Crippen molar-refractivity contribution >= 4 is 58.5 Å². The zero-order valence-electron chi connectivity index (χ0n) is 16.8. The third kappa shape index (κ3) is 5.37. The van der Waals surface area contributed by atoms with Crippen LogP contribution in [0.1, 0.15) is 24.1 Å². The fraction of sp³-hybridized carbons (Fsp3) is 0.143. The van der Waals surface area contributed by atoms with Crippen molar-refractivity contribution in [3.63, 3.8) is 0 Å². The van der Waals surface area contributed by atoms with Crippen LogP contribution in [0, 0.1) is 0 Å². The summed E-state index contributed by atoms with van der Waals surface area (Å²) in [5.74, 6) is -1.68. The van der Waals surface area contributed by atoms with Gasteiger partial charge in [0.05, 0.1) is 23.7 Å². The molecule has 0 aliphatic carbocycles. The van der Waals surface area contributed by atoms with E-state index < -0.39 is 18.0 Å². The summed E-state index contributed by atoms with van der Waals surface area (Å²) < 4.78 is 10.7. The summed E-state index contributed by atoms with van der Waals surface area (Å²) >= 11 is 17.3. The molecule has 0 saturated carbocycles. The number of aliphatic carboxylic acids is 1. The molecule has 2 heterocycles. The number of rotatable bonds is 6. The number of hydrogen-bond donors (Lipinski definition) is 3. The molecule has 1 aromatic heterocycles. The summed E-state index contributed by atoms with van der Waals surface area (Å²) in [4.78, 5) is 28.0. The van der Waals surface area contributed by atoms with E-state index in [2.05, 4.69) is 15.6 Å². The molecule has 166 valence electrons. The van der Waals surface area contributed by atoms with Crippen LogP contribution in [-0.4, -0.2) is 34.3 Å². The Hall–Kier alpha value is -3.14. The van der Waals surface area contributed by atoms with Crippen molar-refractivity contribution in [2.24, 2.45) is 0 Å². The van der Waals surface area contributed by atoms with Crippen molar-refractivity contribution in [3.05, 3.63) is 69.1 Å². The lowest BCUT2D eigenvalue weighted by atomic mass is 9.95. The van der Waals surface area contributed by atoms with Crippen molar-refractivity contribution in [2.75, 3.05) is 7.11 Å². The minimum Gasteiger partial charge on any atom is -0.493 e. The fourth-order valence-corrected chi connectivity index (χ4v) is 3.76. The van der Waals surface area contributed by atoms with E-state index in [-0.39, 0.29) is 32.4 Å². The number of benzene rings is 1. The van der Waals surface area contributed by atoms with Crippen LogP contribution in [-0.2, 0) is 9.59 Å². The molecule has 2 aromatic rings. The van der Waals surface area contributed by atoms with Gasteiger partial charge in [-0.1, -0.05) is 23.2 Å². The van der Waals surface area contributed by atoms with Gasteiger partial charge in [0, 0.05) is 18.0 Å². The number of ether oxygens (including phenoxy) is 2. The number of esters is 1. The molecule has 0 bridgehead atoms. The number of carbonyl (C=O) groups is 2. The van der Waals surface area contributed by atoms with E-state index in [1.165, 1.54) is 37.6 Å².